The Kier molecular flexibility index (Phi) is 5.31. The Hall–Kier alpha value is -3.15. The van der Waals surface area contributed by atoms with Gasteiger partial charge in [0.25, 0.3) is 5.91 Å². The van der Waals surface area contributed by atoms with Crippen LogP contribution < -0.4 is 10.1 Å². The van der Waals surface area contributed by atoms with Crippen LogP contribution in [0.4, 0.5) is 4.39 Å². The maximum Gasteiger partial charge on any atom is 0.271 e. The number of carbonyl (C=O) groups is 1. The van der Waals surface area contributed by atoms with E-state index >= 15 is 0 Å². The second-order valence-electron chi connectivity index (χ2n) is 5.87. The fourth-order valence-electron chi connectivity index (χ4n) is 2.77. The number of halogens is 1. The van der Waals surface area contributed by atoms with Crippen LogP contribution in [-0.4, -0.2) is 29.3 Å². The molecule has 0 atom stereocenters. The van der Waals surface area contributed by atoms with Gasteiger partial charge in [0.15, 0.2) is 5.69 Å². The van der Waals surface area contributed by atoms with Crippen LogP contribution in [-0.2, 0) is 13.5 Å². The lowest BCUT2D eigenvalue weighted by atomic mass is 10.1. The minimum Gasteiger partial charge on any atom is -0.496 e. The second kappa shape index (κ2) is 7.82. The van der Waals surface area contributed by atoms with Gasteiger partial charge in [-0.25, -0.2) is 4.39 Å². The fraction of sp³-hybridized carbons (Fsp3) is 0.200. The highest BCUT2D eigenvalue weighted by molar-refractivity contribution is 5.93. The number of carbonyl (C=O) groups excluding carboxylic acids is 1. The van der Waals surface area contributed by atoms with Crippen LogP contribution in [0.5, 0.6) is 5.75 Å². The van der Waals surface area contributed by atoms with Crippen LogP contribution in [0.1, 0.15) is 16.1 Å². The molecule has 1 heterocycles. The van der Waals surface area contributed by atoms with Crippen LogP contribution in [0.3, 0.4) is 0 Å². The monoisotopic (exact) mass is 353 g/mol. The number of hydrogen-bond donors (Lipinski definition) is 1. The van der Waals surface area contributed by atoms with E-state index in [0.29, 0.717) is 23.6 Å². The molecule has 0 saturated heterocycles. The fourth-order valence-corrected chi connectivity index (χ4v) is 2.77. The van der Waals surface area contributed by atoms with Crippen molar-refractivity contribution in [1.29, 1.82) is 0 Å². The first-order valence-electron chi connectivity index (χ1n) is 8.28. The van der Waals surface area contributed by atoms with Gasteiger partial charge in [-0.05, 0) is 36.2 Å². The Balaban J connectivity index is 1.73. The molecule has 134 valence electrons. The number of methoxy groups -OCH3 is 1. The van der Waals surface area contributed by atoms with Gasteiger partial charge in [0, 0.05) is 19.2 Å². The van der Waals surface area contributed by atoms with Crippen molar-refractivity contribution in [1.82, 2.24) is 15.1 Å². The average Bonchev–Trinajstić information content (AvgIpc) is 3.04. The third kappa shape index (κ3) is 3.91. The summed E-state index contributed by atoms with van der Waals surface area (Å²) in [6, 6.07) is 15.8. The Morgan fingerprint density at radius 3 is 2.69 bits per heavy atom. The molecule has 0 aliphatic heterocycles. The van der Waals surface area contributed by atoms with Crippen LogP contribution in [0, 0.1) is 5.82 Å². The normalized spacial score (nSPS) is 10.6. The number of amides is 1. The minimum atomic E-state index is -0.379. The van der Waals surface area contributed by atoms with Crippen molar-refractivity contribution in [2.24, 2.45) is 7.05 Å². The molecule has 0 spiro atoms. The maximum atomic E-state index is 13.6. The summed E-state index contributed by atoms with van der Waals surface area (Å²) in [5.41, 5.74) is 2.58. The smallest absolute Gasteiger partial charge is 0.271 e. The number of hydrogen-bond acceptors (Lipinski definition) is 3. The van der Waals surface area contributed by atoms with Crippen molar-refractivity contribution < 1.29 is 13.9 Å². The third-order valence-electron chi connectivity index (χ3n) is 4.09. The van der Waals surface area contributed by atoms with Gasteiger partial charge < -0.3 is 10.1 Å². The molecule has 3 aromatic rings. The molecule has 1 aromatic heterocycles. The molecule has 3 rings (SSSR count). The number of ether oxygens (including phenoxy) is 1. The molecule has 0 radical (unpaired) electrons. The molecule has 1 amide bonds. The highest BCUT2D eigenvalue weighted by atomic mass is 19.1. The van der Waals surface area contributed by atoms with E-state index in [1.807, 2.05) is 30.3 Å². The zero-order valence-electron chi connectivity index (χ0n) is 14.7. The Morgan fingerprint density at radius 2 is 1.96 bits per heavy atom. The summed E-state index contributed by atoms with van der Waals surface area (Å²) in [7, 11) is 3.23. The number of nitrogens with one attached hydrogen (secondary N) is 1. The third-order valence-corrected chi connectivity index (χ3v) is 4.09. The lowest BCUT2D eigenvalue weighted by Crippen LogP contribution is -2.26. The van der Waals surface area contributed by atoms with Gasteiger partial charge in [0.05, 0.1) is 12.8 Å². The summed E-state index contributed by atoms with van der Waals surface area (Å²) >= 11 is 0. The molecule has 0 saturated carbocycles. The number of aryl methyl sites for hydroxylation is 1. The molecular weight excluding hydrogens is 333 g/mol. The number of benzene rings is 2. The SMILES string of the molecule is COc1ccc(F)cc1-c1cc(C(=O)NCCc2ccccc2)nn1C. The van der Waals surface area contributed by atoms with E-state index in [9.17, 15) is 9.18 Å². The van der Waals surface area contributed by atoms with E-state index in [4.69, 9.17) is 4.74 Å². The molecular formula is C20H20FN3O2. The first-order valence-corrected chi connectivity index (χ1v) is 8.28. The first kappa shape index (κ1) is 17.7. The average molecular weight is 353 g/mol. The molecule has 0 fully saturated rings. The van der Waals surface area contributed by atoms with E-state index in [1.54, 1.807) is 23.9 Å². The summed E-state index contributed by atoms with van der Waals surface area (Å²) in [6.07, 6.45) is 0.740. The quantitative estimate of drug-likeness (QED) is 0.740. The van der Waals surface area contributed by atoms with Gasteiger partial charge in [-0.1, -0.05) is 30.3 Å². The second-order valence-corrected chi connectivity index (χ2v) is 5.87. The summed E-state index contributed by atoms with van der Waals surface area (Å²) in [5.74, 6) is -0.126. The lowest BCUT2D eigenvalue weighted by Gasteiger charge is -2.08. The minimum absolute atomic E-state index is 0.266. The zero-order chi connectivity index (χ0) is 18.5. The Bertz CT molecular complexity index is 907. The van der Waals surface area contributed by atoms with Crippen molar-refractivity contribution in [3.05, 3.63) is 71.7 Å². The van der Waals surface area contributed by atoms with Crippen molar-refractivity contribution in [3.63, 3.8) is 0 Å². The molecule has 0 aliphatic rings. The summed E-state index contributed by atoms with van der Waals surface area (Å²) < 4.78 is 20.5. The van der Waals surface area contributed by atoms with Gasteiger partial charge in [-0.15, -0.1) is 0 Å². The number of aromatic nitrogens is 2. The maximum absolute atomic E-state index is 13.6. The van der Waals surface area contributed by atoms with Crippen molar-refractivity contribution in [2.75, 3.05) is 13.7 Å². The first-order chi connectivity index (χ1) is 12.6. The van der Waals surface area contributed by atoms with E-state index in [2.05, 4.69) is 10.4 Å². The van der Waals surface area contributed by atoms with Crippen molar-refractivity contribution >= 4 is 5.91 Å². The van der Waals surface area contributed by atoms with Crippen LogP contribution in [0.2, 0.25) is 0 Å². The van der Waals surface area contributed by atoms with Crippen LogP contribution in [0.15, 0.2) is 54.6 Å². The van der Waals surface area contributed by atoms with Gasteiger partial charge in [-0.3, -0.25) is 9.48 Å². The van der Waals surface area contributed by atoms with E-state index in [0.717, 1.165) is 12.0 Å². The standard InChI is InChI=1S/C20H20FN3O2/c1-24-18(16-12-15(21)8-9-19(16)26-2)13-17(23-24)20(25)22-11-10-14-6-4-3-5-7-14/h3-9,12-13H,10-11H2,1-2H3,(H,22,25). The van der Waals surface area contributed by atoms with Crippen LogP contribution in [0.25, 0.3) is 11.3 Å². The predicted molar refractivity (Wildman–Crippen MR) is 97.6 cm³/mol. The number of rotatable bonds is 6. The van der Waals surface area contributed by atoms with Gasteiger partial charge in [0.2, 0.25) is 0 Å². The Labute approximate surface area is 151 Å². The topological polar surface area (TPSA) is 56.1 Å². The van der Waals surface area contributed by atoms with Crippen molar-refractivity contribution in [2.45, 2.75) is 6.42 Å². The summed E-state index contributed by atoms with van der Waals surface area (Å²) in [4.78, 5) is 12.4. The zero-order valence-corrected chi connectivity index (χ0v) is 14.7. The van der Waals surface area contributed by atoms with E-state index in [-0.39, 0.29) is 17.4 Å². The summed E-state index contributed by atoms with van der Waals surface area (Å²) in [5, 5.41) is 7.10. The van der Waals surface area contributed by atoms with Crippen molar-refractivity contribution in [3.8, 4) is 17.0 Å². The molecule has 0 bridgehead atoms. The summed E-state index contributed by atoms with van der Waals surface area (Å²) in [6.45, 7) is 0.512. The van der Waals surface area contributed by atoms with E-state index in [1.165, 1.54) is 19.2 Å². The molecule has 2 aromatic carbocycles. The van der Waals surface area contributed by atoms with Gasteiger partial charge in [0.1, 0.15) is 11.6 Å². The van der Waals surface area contributed by atoms with Gasteiger partial charge in [-0.2, -0.15) is 5.10 Å². The molecule has 1 N–H and O–H groups in total. The number of nitrogens with zero attached hydrogens (tertiary/aromatic N) is 2. The van der Waals surface area contributed by atoms with Crippen LogP contribution >= 0.6 is 0 Å². The molecule has 0 unspecified atom stereocenters. The predicted octanol–water partition coefficient (Wildman–Crippen LogP) is 3.21. The highest BCUT2D eigenvalue weighted by Crippen LogP contribution is 2.30. The Morgan fingerprint density at radius 1 is 1.19 bits per heavy atom. The molecule has 6 heteroatoms. The lowest BCUT2D eigenvalue weighted by molar-refractivity contribution is 0.0948. The molecule has 26 heavy (non-hydrogen) atoms. The largest absolute Gasteiger partial charge is 0.496 e. The highest BCUT2D eigenvalue weighted by Gasteiger charge is 2.17. The van der Waals surface area contributed by atoms with E-state index < -0.39 is 0 Å². The van der Waals surface area contributed by atoms with Gasteiger partial charge >= 0.3 is 0 Å². The molecule has 5 nitrogen and oxygen atoms in total. The molecule has 0 aliphatic carbocycles.